The van der Waals surface area contributed by atoms with Crippen LogP contribution in [0.4, 0.5) is 9.52 Å². The quantitative estimate of drug-likeness (QED) is 0.628. The maximum absolute atomic E-state index is 13.3. The molecule has 0 amide bonds. The highest BCUT2D eigenvalue weighted by atomic mass is 32.1. The van der Waals surface area contributed by atoms with Gasteiger partial charge in [-0.1, -0.05) is 23.5 Å². The molecular formula is C20H17FN2O4S. The Labute approximate surface area is 164 Å². The Hall–Kier alpha value is -2.87. The van der Waals surface area contributed by atoms with Crippen molar-refractivity contribution in [3.63, 3.8) is 0 Å². The molecule has 3 aromatic rings. The molecule has 2 atom stereocenters. The summed E-state index contributed by atoms with van der Waals surface area (Å²) in [4.78, 5) is 19.1. The molecule has 2 aromatic carbocycles. The molecule has 1 fully saturated rings. The van der Waals surface area contributed by atoms with Crippen LogP contribution in [0.5, 0.6) is 11.5 Å². The van der Waals surface area contributed by atoms with Crippen LogP contribution in [-0.4, -0.2) is 42.4 Å². The number of rotatable bonds is 3. The number of carbonyl (C=O) groups excluding carboxylic acids is 1. The highest BCUT2D eigenvalue weighted by molar-refractivity contribution is 7.22. The summed E-state index contributed by atoms with van der Waals surface area (Å²) >= 11 is 1.43. The van der Waals surface area contributed by atoms with E-state index in [1.165, 1.54) is 23.5 Å². The number of para-hydroxylation sites is 2. The first-order valence-corrected chi connectivity index (χ1v) is 9.82. The van der Waals surface area contributed by atoms with Crippen LogP contribution in [0.25, 0.3) is 10.2 Å². The smallest absolute Gasteiger partial charge is 0.351 e. The number of anilines is 1. The number of fused-ring (bicyclic) bond motifs is 2. The monoisotopic (exact) mass is 400 g/mol. The number of hydrogen-bond donors (Lipinski definition) is 0. The van der Waals surface area contributed by atoms with Gasteiger partial charge in [0, 0.05) is 0 Å². The Bertz CT molecular complexity index is 1050. The lowest BCUT2D eigenvalue weighted by molar-refractivity contribution is -0.164. The normalized spacial score (nSPS) is 21.4. The molecule has 28 heavy (non-hydrogen) atoms. The van der Waals surface area contributed by atoms with Crippen LogP contribution in [0, 0.1) is 5.82 Å². The Morgan fingerprint density at radius 1 is 1.21 bits per heavy atom. The first kappa shape index (κ1) is 17.2. The van der Waals surface area contributed by atoms with Gasteiger partial charge in [0.25, 0.3) is 0 Å². The predicted molar refractivity (Wildman–Crippen MR) is 103 cm³/mol. The van der Waals surface area contributed by atoms with E-state index in [0.717, 1.165) is 15.3 Å². The van der Waals surface area contributed by atoms with Crippen LogP contribution < -0.4 is 14.4 Å². The lowest BCUT2D eigenvalue weighted by atomic mass is 10.1. The number of thiazole rings is 1. The molecule has 1 saturated heterocycles. The molecule has 0 bridgehead atoms. The van der Waals surface area contributed by atoms with E-state index in [0.29, 0.717) is 24.6 Å². The molecule has 0 radical (unpaired) electrons. The van der Waals surface area contributed by atoms with E-state index in [4.69, 9.17) is 14.2 Å². The zero-order valence-corrected chi connectivity index (χ0v) is 15.8. The fraction of sp³-hybridized carbons (Fsp3) is 0.300. The van der Waals surface area contributed by atoms with Gasteiger partial charge in [-0.25, -0.2) is 14.2 Å². The second-order valence-electron chi connectivity index (χ2n) is 6.88. The third kappa shape index (κ3) is 3.03. The summed E-state index contributed by atoms with van der Waals surface area (Å²) in [6.45, 7) is 2.88. The highest BCUT2D eigenvalue weighted by Gasteiger charge is 2.39. The topological polar surface area (TPSA) is 60.9 Å². The molecule has 0 aliphatic carbocycles. The molecule has 1 aromatic heterocycles. The third-order valence-corrected chi connectivity index (χ3v) is 5.89. The fourth-order valence-electron chi connectivity index (χ4n) is 3.30. The van der Waals surface area contributed by atoms with Crippen molar-refractivity contribution in [2.24, 2.45) is 0 Å². The first-order valence-electron chi connectivity index (χ1n) is 9.01. The number of esters is 1. The van der Waals surface area contributed by atoms with E-state index >= 15 is 0 Å². The summed E-state index contributed by atoms with van der Waals surface area (Å²) in [6.07, 6.45) is -1.46. The molecule has 8 heteroatoms. The Kier molecular flexibility index (Phi) is 4.08. The molecule has 2 aliphatic rings. The molecule has 2 aliphatic heterocycles. The van der Waals surface area contributed by atoms with Crippen LogP contribution in [-0.2, 0) is 9.53 Å². The van der Waals surface area contributed by atoms with E-state index in [1.807, 2.05) is 17.0 Å². The summed E-state index contributed by atoms with van der Waals surface area (Å²) in [5.74, 6) is 0.460. The van der Waals surface area contributed by atoms with Crippen molar-refractivity contribution in [3.8, 4) is 11.5 Å². The minimum Gasteiger partial charge on any atom is -0.482 e. The molecule has 6 nitrogen and oxygen atoms in total. The molecule has 5 rings (SSSR count). The van der Waals surface area contributed by atoms with Crippen LogP contribution in [0.3, 0.4) is 0 Å². The maximum atomic E-state index is 13.3. The molecule has 0 N–H and O–H groups in total. The van der Waals surface area contributed by atoms with Gasteiger partial charge in [-0.05, 0) is 37.3 Å². The summed E-state index contributed by atoms with van der Waals surface area (Å²) in [7, 11) is 0. The fourth-order valence-corrected chi connectivity index (χ4v) is 4.31. The summed E-state index contributed by atoms with van der Waals surface area (Å²) < 4.78 is 31.3. The van der Waals surface area contributed by atoms with Crippen molar-refractivity contribution in [3.05, 3.63) is 48.3 Å². The zero-order chi connectivity index (χ0) is 19.3. The van der Waals surface area contributed by atoms with E-state index in [2.05, 4.69) is 4.98 Å². The van der Waals surface area contributed by atoms with Crippen molar-refractivity contribution in [2.75, 3.05) is 18.0 Å². The number of hydrogen-bond acceptors (Lipinski definition) is 7. The van der Waals surface area contributed by atoms with Gasteiger partial charge in [0.15, 0.2) is 16.6 Å². The molecule has 2 unspecified atom stereocenters. The average molecular weight is 400 g/mol. The van der Waals surface area contributed by atoms with Crippen LogP contribution in [0.1, 0.15) is 6.92 Å². The Morgan fingerprint density at radius 3 is 2.75 bits per heavy atom. The minimum absolute atomic E-state index is 0.232. The number of aromatic nitrogens is 1. The largest absolute Gasteiger partial charge is 0.482 e. The van der Waals surface area contributed by atoms with Crippen molar-refractivity contribution < 1.29 is 23.4 Å². The van der Waals surface area contributed by atoms with Gasteiger partial charge in [0.05, 0.1) is 23.3 Å². The Morgan fingerprint density at radius 2 is 1.96 bits per heavy atom. The predicted octanol–water partition coefficient (Wildman–Crippen LogP) is 3.40. The average Bonchev–Trinajstić information content (AvgIpc) is 3.05. The Balaban J connectivity index is 1.21. The van der Waals surface area contributed by atoms with Gasteiger partial charge in [-0.2, -0.15) is 0 Å². The van der Waals surface area contributed by atoms with Crippen molar-refractivity contribution in [1.82, 2.24) is 4.98 Å². The second-order valence-corrected chi connectivity index (χ2v) is 7.89. The molecule has 0 saturated carbocycles. The summed E-state index contributed by atoms with van der Waals surface area (Å²) in [5.41, 5.74) is 0.766. The van der Waals surface area contributed by atoms with Crippen molar-refractivity contribution in [1.29, 1.82) is 0 Å². The third-order valence-electron chi connectivity index (χ3n) is 4.82. The van der Waals surface area contributed by atoms with Crippen LogP contribution in [0.15, 0.2) is 42.5 Å². The van der Waals surface area contributed by atoms with E-state index in [9.17, 15) is 9.18 Å². The van der Waals surface area contributed by atoms with Gasteiger partial charge in [-0.15, -0.1) is 0 Å². The lowest BCUT2D eigenvalue weighted by Crippen LogP contribution is -2.55. The number of carbonyl (C=O) groups is 1. The number of benzene rings is 2. The van der Waals surface area contributed by atoms with Crippen LogP contribution in [0.2, 0.25) is 0 Å². The first-order chi connectivity index (χ1) is 13.6. The van der Waals surface area contributed by atoms with Gasteiger partial charge < -0.3 is 19.1 Å². The standard InChI is InChI=1S/C20H17FN2O4S/c1-11-18(27-16-5-3-2-4-15(16)25-11)19(24)26-13-9-23(10-13)20-22-14-7-6-12(21)8-17(14)28-20/h2-8,11,13,18H,9-10H2,1H3. The second kappa shape index (κ2) is 6.63. The number of halogens is 1. The zero-order valence-electron chi connectivity index (χ0n) is 15.0. The summed E-state index contributed by atoms with van der Waals surface area (Å²) in [6, 6.07) is 11.8. The lowest BCUT2D eigenvalue weighted by Gasteiger charge is -2.39. The maximum Gasteiger partial charge on any atom is 0.351 e. The number of nitrogens with zero attached hydrogens (tertiary/aromatic N) is 2. The molecular weight excluding hydrogens is 383 g/mol. The van der Waals surface area contributed by atoms with Gasteiger partial charge in [0.1, 0.15) is 18.0 Å². The van der Waals surface area contributed by atoms with E-state index < -0.39 is 18.2 Å². The van der Waals surface area contributed by atoms with Crippen LogP contribution >= 0.6 is 11.3 Å². The molecule has 0 spiro atoms. The number of ether oxygens (including phenoxy) is 3. The van der Waals surface area contributed by atoms with Gasteiger partial charge >= 0.3 is 5.97 Å². The van der Waals surface area contributed by atoms with Crippen molar-refractivity contribution in [2.45, 2.75) is 25.2 Å². The van der Waals surface area contributed by atoms with Gasteiger partial charge in [0.2, 0.25) is 6.10 Å². The molecule has 3 heterocycles. The highest BCUT2D eigenvalue weighted by Crippen LogP contribution is 2.35. The van der Waals surface area contributed by atoms with E-state index in [1.54, 1.807) is 25.1 Å². The van der Waals surface area contributed by atoms with Gasteiger partial charge in [-0.3, -0.25) is 0 Å². The molecule has 144 valence electrons. The summed E-state index contributed by atoms with van der Waals surface area (Å²) in [5, 5.41) is 0.799. The SMILES string of the molecule is CC1Oc2ccccc2OC1C(=O)OC1CN(c2nc3ccc(F)cc3s2)C1. The van der Waals surface area contributed by atoms with E-state index in [-0.39, 0.29) is 11.9 Å². The minimum atomic E-state index is -0.797. The van der Waals surface area contributed by atoms with Crippen molar-refractivity contribution >= 4 is 32.7 Å².